The number of ether oxygens (including phenoxy) is 1. The Hall–Kier alpha value is -2.88. The van der Waals surface area contributed by atoms with Crippen molar-refractivity contribution in [3.8, 4) is 5.75 Å². The van der Waals surface area contributed by atoms with Gasteiger partial charge in [0.15, 0.2) is 0 Å². The van der Waals surface area contributed by atoms with E-state index in [1.807, 2.05) is 25.1 Å². The Morgan fingerprint density at radius 2 is 1.91 bits per heavy atom. The molecule has 0 radical (unpaired) electrons. The molecule has 1 heterocycles. The summed E-state index contributed by atoms with van der Waals surface area (Å²) in [6.07, 6.45) is 4.86. The largest absolute Gasteiger partial charge is 0.464 e. The lowest BCUT2D eigenvalue weighted by Crippen LogP contribution is -2.13. The van der Waals surface area contributed by atoms with Crippen LogP contribution in [-0.4, -0.2) is 5.91 Å². The molecule has 3 nitrogen and oxygen atoms in total. The number of anilines is 1. The Balaban J connectivity index is 1.86. The molecule has 0 aromatic heterocycles. The molecule has 0 unspecified atom stereocenters. The first kappa shape index (κ1) is 14.1. The van der Waals surface area contributed by atoms with E-state index in [1.54, 1.807) is 12.2 Å². The van der Waals surface area contributed by atoms with Gasteiger partial charge in [-0.1, -0.05) is 11.6 Å². The zero-order chi connectivity index (χ0) is 15.5. The average Bonchev–Trinajstić information content (AvgIpc) is 2.71. The quantitative estimate of drug-likeness (QED) is 0.907. The third-order valence-corrected chi connectivity index (χ3v) is 3.28. The highest BCUT2D eigenvalue weighted by Gasteiger charge is 2.12. The number of carbonyl (C=O) groups is 1. The molecule has 0 aliphatic carbocycles. The Bertz CT molecular complexity index is 776. The molecule has 0 atom stereocenters. The molecule has 0 saturated heterocycles. The van der Waals surface area contributed by atoms with E-state index < -0.39 is 0 Å². The van der Waals surface area contributed by atoms with E-state index in [-0.39, 0.29) is 11.7 Å². The van der Waals surface area contributed by atoms with E-state index >= 15 is 0 Å². The monoisotopic (exact) mass is 295 g/mol. The molecule has 110 valence electrons. The van der Waals surface area contributed by atoms with Gasteiger partial charge in [0, 0.05) is 16.8 Å². The highest BCUT2D eigenvalue weighted by Crippen LogP contribution is 2.26. The van der Waals surface area contributed by atoms with Crippen LogP contribution in [0.4, 0.5) is 10.1 Å². The van der Waals surface area contributed by atoms with Gasteiger partial charge < -0.3 is 10.1 Å². The third kappa shape index (κ3) is 3.06. The second kappa shape index (κ2) is 5.85. The summed E-state index contributed by atoms with van der Waals surface area (Å²) in [5.74, 6) is 0.0802. The number of nitrogens with one attached hydrogen (secondary N) is 1. The molecule has 1 aliphatic rings. The summed E-state index contributed by atoms with van der Waals surface area (Å²) >= 11 is 0. The number of aryl methyl sites for hydroxylation is 1. The van der Waals surface area contributed by atoms with E-state index in [9.17, 15) is 9.18 Å². The van der Waals surface area contributed by atoms with Crippen molar-refractivity contribution in [3.05, 3.63) is 77.3 Å². The van der Waals surface area contributed by atoms with E-state index in [1.165, 1.54) is 30.5 Å². The van der Waals surface area contributed by atoms with Crippen molar-refractivity contribution in [2.24, 2.45) is 0 Å². The Morgan fingerprint density at radius 1 is 1.14 bits per heavy atom. The standard InChI is InChI=1S/C18H14FNO2/c1-12-2-7-17-14(10-12)11-13(8-9-22-17)18(21)20-16-5-3-15(19)4-6-16/h2-11H,1H3,(H,20,21). The van der Waals surface area contributed by atoms with Crippen LogP contribution in [0.3, 0.4) is 0 Å². The predicted molar refractivity (Wildman–Crippen MR) is 84.0 cm³/mol. The van der Waals surface area contributed by atoms with Crippen LogP contribution in [0.25, 0.3) is 6.08 Å². The molecule has 0 saturated carbocycles. The van der Waals surface area contributed by atoms with Crippen molar-refractivity contribution in [2.75, 3.05) is 5.32 Å². The summed E-state index contributed by atoms with van der Waals surface area (Å²) < 4.78 is 18.4. The average molecular weight is 295 g/mol. The first-order valence-electron chi connectivity index (χ1n) is 6.84. The zero-order valence-electron chi connectivity index (χ0n) is 12.0. The SMILES string of the molecule is Cc1ccc2c(c1)C=C(C(=O)Nc1ccc(F)cc1)C=CO2. The molecule has 3 rings (SSSR count). The van der Waals surface area contributed by atoms with Crippen molar-refractivity contribution in [1.29, 1.82) is 0 Å². The molecule has 1 aliphatic heterocycles. The van der Waals surface area contributed by atoms with Crippen molar-refractivity contribution in [3.63, 3.8) is 0 Å². The fourth-order valence-corrected chi connectivity index (χ4v) is 2.16. The smallest absolute Gasteiger partial charge is 0.255 e. The predicted octanol–water partition coefficient (Wildman–Crippen LogP) is 4.06. The minimum atomic E-state index is -0.343. The second-order valence-electron chi connectivity index (χ2n) is 5.02. The number of hydrogen-bond acceptors (Lipinski definition) is 2. The van der Waals surface area contributed by atoms with Crippen molar-refractivity contribution in [2.45, 2.75) is 6.92 Å². The Kier molecular flexibility index (Phi) is 3.74. The van der Waals surface area contributed by atoms with Gasteiger partial charge in [0.1, 0.15) is 11.6 Å². The van der Waals surface area contributed by atoms with Gasteiger partial charge in [-0.2, -0.15) is 0 Å². The van der Waals surface area contributed by atoms with Gasteiger partial charge in [0.05, 0.1) is 6.26 Å². The summed E-state index contributed by atoms with van der Waals surface area (Å²) in [6, 6.07) is 11.4. The number of rotatable bonds is 2. The molecule has 22 heavy (non-hydrogen) atoms. The topological polar surface area (TPSA) is 38.3 Å². The lowest BCUT2D eigenvalue weighted by Gasteiger charge is -2.06. The summed E-state index contributed by atoms with van der Waals surface area (Å²) in [4.78, 5) is 12.3. The minimum absolute atomic E-state index is 0.277. The maximum atomic E-state index is 12.9. The van der Waals surface area contributed by atoms with Crippen LogP contribution >= 0.6 is 0 Å². The normalized spacial score (nSPS) is 12.7. The van der Waals surface area contributed by atoms with Crippen LogP contribution in [0, 0.1) is 12.7 Å². The summed E-state index contributed by atoms with van der Waals surface area (Å²) in [5, 5.41) is 2.73. The molecule has 2 aromatic carbocycles. The molecular weight excluding hydrogens is 281 g/mol. The molecule has 0 bridgehead atoms. The van der Waals surface area contributed by atoms with Crippen LogP contribution < -0.4 is 10.1 Å². The van der Waals surface area contributed by atoms with Gasteiger partial charge in [-0.3, -0.25) is 4.79 Å². The van der Waals surface area contributed by atoms with E-state index in [0.29, 0.717) is 17.0 Å². The maximum Gasteiger partial charge on any atom is 0.255 e. The number of hydrogen-bond donors (Lipinski definition) is 1. The van der Waals surface area contributed by atoms with E-state index in [4.69, 9.17) is 4.74 Å². The third-order valence-electron chi connectivity index (χ3n) is 3.28. The molecular formula is C18H14FNO2. The number of carbonyl (C=O) groups excluding carboxylic acids is 1. The van der Waals surface area contributed by atoms with Gasteiger partial charge in [-0.15, -0.1) is 0 Å². The van der Waals surface area contributed by atoms with E-state index in [0.717, 1.165) is 11.1 Å². The lowest BCUT2D eigenvalue weighted by molar-refractivity contribution is -0.112. The molecule has 0 fully saturated rings. The highest BCUT2D eigenvalue weighted by molar-refractivity contribution is 6.09. The second-order valence-corrected chi connectivity index (χ2v) is 5.02. The van der Waals surface area contributed by atoms with E-state index in [2.05, 4.69) is 5.32 Å². The van der Waals surface area contributed by atoms with Crippen LogP contribution in [0.2, 0.25) is 0 Å². The number of benzene rings is 2. The molecule has 1 amide bonds. The zero-order valence-corrected chi connectivity index (χ0v) is 12.0. The fraction of sp³-hybridized carbons (Fsp3) is 0.0556. The van der Waals surface area contributed by atoms with Crippen LogP contribution in [0.1, 0.15) is 11.1 Å². The molecule has 0 spiro atoms. The van der Waals surface area contributed by atoms with Gasteiger partial charge >= 0.3 is 0 Å². The summed E-state index contributed by atoms with van der Waals surface area (Å²) in [7, 11) is 0. The van der Waals surface area contributed by atoms with Crippen molar-refractivity contribution in [1.82, 2.24) is 0 Å². The first-order chi connectivity index (χ1) is 10.6. The van der Waals surface area contributed by atoms with Crippen LogP contribution in [0.5, 0.6) is 5.75 Å². The van der Waals surface area contributed by atoms with Gasteiger partial charge in [-0.25, -0.2) is 4.39 Å². The summed E-state index contributed by atoms with van der Waals surface area (Å²) in [6.45, 7) is 1.98. The number of halogens is 1. The lowest BCUT2D eigenvalue weighted by atomic mass is 10.1. The Labute approximate surface area is 127 Å². The van der Waals surface area contributed by atoms with Crippen molar-refractivity contribution >= 4 is 17.7 Å². The molecule has 2 aromatic rings. The van der Waals surface area contributed by atoms with Gasteiger partial charge in [0.25, 0.3) is 5.91 Å². The first-order valence-corrected chi connectivity index (χ1v) is 6.84. The maximum absolute atomic E-state index is 12.9. The van der Waals surface area contributed by atoms with Crippen molar-refractivity contribution < 1.29 is 13.9 Å². The molecule has 4 heteroatoms. The molecule has 1 N–H and O–H groups in total. The van der Waals surface area contributed by atoms with Crippen LogP contribution in [0.15, 0.2) is 60.4 Å². The van der Waals surface area contributed by atoms with Gasteiger partial charge in [0.2, 0.25) is 0 Å². The fourth-order valence-electron chi connectivity index (χ4n) is 2.16. The summed E-state index contributed by atoms with van der Waals surface area (Å²) in [5.41, 5.74) is 2.93. The highest BCUT2D eigenvalue weighted by atomic mass is 19.1. The van der Waals surface area contributed by atoms with Crippen LogP contribution in [-0.2, 0) is 4.79 Å². The Morgan fingerprint density at radius 3 is 2.68 bits per heavy atom. The minimum Gasteiger partial charge on any atom is -0.464 e. The number of fused-ring (bicyclic) bond motifs is 1. The van der Waals surface area contributed by atoms with Gasteiger partial charge in [-0.05, 0) is 55.5 Å². The number of amides is 1.